The first-order chi connectivity index (χ1) is 8.72. The van der Waals surface area contributed by atoms with Gasteiger partial charge in [-0.25, -0.2) is 14.4 Å². The van der Waals surface area contributed by atoms with Gasteiger partial charge in [0, 0.05) is 11.9 Å². The van der Waals surface area contributed by atoms with Gasteiger partial charge in [-0.05, 0) is 24.3 Å². The maximum Gasteiger partial charge on any atom is 0.155 e. The Kier molecular flexibility index (Phi) is 3.88. The molecule has 6 heteroatoms. The highest BCUT2D eigenvalue weighted by atomic mass is 32.1. The maximum atomic E-state index is 12.8. The topological polar surface area (TPSA) is 54.9 Å². The van der Waals surface area contributed by atoms with E-state index in [1.165, 1.54) is 18.3 Å². The van der Waals surface area contributed by atoms with E-state index in [0.717, 1.165) is 0 Å². The number of halogens is 1. The quantitative estimate of drug-likeness (QED) is 0.657. The van der Waals surface area contributed by atoms with Gasteiger partial charge in [0.2, 0.25) is 0 Å². The second-order valence-electron chi connectivity index (χ2n) is 3.50. The van der Waals surface area contributed by atoms with Crippen LogP contribution >= 0.6 is 12.6 Å². The normalized spacial score (nSPS) is 10.1. The van der Waals surface area contributed by atoms with E-state index in [4.69, 9.17) is 0 Å². The maximum absolute atomic E-state index is 12.8. The van der Waals surface area contributed by atoms with Gasteiger partial charge in [-0.1, -0.05) is 0 Å². The highest BCUT2D eigenvalue weighted by molar-refractivity contribution is 7.79. The van der Waals surface area contributed by atoms with Gasteiger partial charge in [0.15, 0.2) is 6.29 Å². The fourth-order valence-corrected chi connectivity index (χ4v) is 1.51. The minimum Gasteiger partial charge on any atom is -0.340 e. The number of nitrogens with one attached hydrogen (secondary N) is 1. The van der Waals surface area contributed by atoms with Gasteiger partial charge < -0.3 is 5.32 Å². The Labute approximate surface area is 109 Å². The lowest BCUT2D eigenvalue weighted by molar-refractivity contribution is 0.112. The van der Waals surface area contributed by atoms with Crippen molar-refractivity contribution in [1.82, 2.24) is 9.97 Å². The molecule has 2 rings (SSSR count). The van der Waals surface area contributed by atoms with Crippen molar-refractivity contribution in [3.63, 3.8) is 0 Å². The van der Waals surface area contributed by atoms with Crippen LogP contribution in [0.15, 0.2) is 30.5 Å². The summed E-state index contributed by atoms with van der Waals surface area (Å²) in [4.78, 5) is 19.0. The summed E-state index contributed by atoms with van der Waals surface area (Å²) >= 11 is 4.07. The molecule has 1 N–H and O–H groups in total. The van der Waals surface area contributed by atoms with Crippen LogP contribution in [-0.2, 0) is 5.75 Å². The number of anilines is 2. The molecule has 0 atom stereocenters. The van der Waals surface area contributed by atoms with E-state index in [-0.39, 0.29) is 5.82 Å². The van der Waals surface area contributed by atoms with Crippen LogP contribution in [0, 0.1) is 5.82 Å². The van der Waals surface area contributed by atoms with Crippen molar-refractivity contribution in [1.29, 1.82) is 0 Å². The predicted octanol–water partition coefficient (Wildman–Crippen LogP) is 2.60. The summed E-state index contributed by atoms with van der Waals surface area (Å²) in [5.74, 6) is 0.941. The zero-order valence-electron chi connectivity index (χ0n) is 9.30. The molecule has 1 aromatic heterocycles. The summed E-state index contributed by atoms with van der Waals surface area (Å²) in [6.45, 7) is 0. The second kappa shape index (κ2) is 5.59. The van der Waals surface area contributed by atoms with Crippen LogP contribution in [0.1, 0.15) is 16.2 Å². The molecule has 92 valence electrons. The molecule has 0 fully saturated rings. The summed E-state index contributed by atoms with van der Waals surface area (Å²) in [7, 11) is 0. The molecule has 0 aliphatic carbocycles. The molecule has 0 bridgehead atoms. The minimum atomic E-state index is -0.324. The molecule has 0 amide bonds. The first kappa shape index (κ1) is 12.5. The van der Waals surface area contributed by atoms with Gasteiger partial charge in [-0.15, -0.1) is 0 Å². The lowest BCUT2D eigenvalue weighted by Gasteiger charge is -2.08. The number of rotatable bonds is 4. The molecular formula is C12H10FN3OS. The molecule has 0 saturated carbocycles. The third-order valence-corrected chi connectivity index (χ3v) is 2.53. The number of benzene rings is 1. The third-order valence-electron chi connectivity index (χ3n) is 2.24. The predicted molar refractivity (Wildman–Crippen MR) is 69.8 cm³/mol. The third kappa shape index (κ3) is 2.84. The molecule has 2 aromatic rings. The first-order valence-electron chi connectivity index (χ1n) is 5.17. The molecule has 0 aliphatic heterocycles. The molecule has 4 nitrogen and oxygen atoms in total. The van der Waals surface area contributed by atoms with Crippen LogP contribution in [0.4, 0.5) is 15.9 Å². The average molecular weight is 263 g/mol. The van der Waals surface area contributed by atoms with Gasteiger partial charge in [0.05, 0.1) is 11.3 Å². The number of hydrogen-bond acceptors (Lipinski definition) is 5. The Bertz CT molecular complexity index is 560. The number of carbonyl (C=O) groups excluding carboxylic acids is 1. The van der Waals surface area contributed by atoms with Crippen LogP contribution in [0.25, 0.3) is 0 Å². The van der Waals surface area contributed by atoms with Crippen LogP contribution in [0.3, 0.4) is 0 Å². The summed E-state index contributed by atoms with van der Waals surface area (Å²) < 4.78 is 12.8. The monoisotopic (exact) mass is 263 g/mol. The van der Waals surface area contributed by atoms with Crippen molar-refractivity contribution >= 4 is 30.4 Å². The Morgan fingerprint density at radius 1 is 1.33 bits per heavy atom. The Balaban J connectivity index is 2.31. The van der Waals surface area contributed by atoms with E-state index >= 15 is 0 Å². The molecule has 18 heavy (non-hydrogen) atoms. The van der Waals surface area contributed by atoms with Crippen LogP contribution < -0.4 is 5.32 Å². The van der Waals surface area contributed by atoms with E-state index in [0.29, 0.717) is 34.9 Å². The number of aromatic nitrogens is 2. The number of hydrogen-bond donors (Lipinski definition) is 2. The van der Waals surface area contributed by atoms with Crippen molar-refractivity contribution in [3.05, 3.63) is 47.7 Å². The number of carbonyl (C=O) groups is 1. The van der Waals surface area contributed by atoms with Crippen molar-refractivity contribution < 1.29 is 9.18 Å². The Hall–Kier alpha value is -1.95. The van der Waals surface area contributed by atoms with Crippen LogP contribution in [0.5, 0.6) is 0 Å². The molecule has 0 saturated heterocycles. The van der Waals surface area contributed by atoms with E-state index in [9.17, 15) is 9.18 Å². The largest absolute Gasteiger partial charge is 0.340 e. The summed E-state index contributed by atoms with van der Waals surface area (Å²) in [6.07, 6.45) is 2.09. The molecule has 0 radical (unpaired) electrons. The molecule has 1 heterocycles. The van der Waals surface area contributed by atoms with Gasteiger partial charge in [-0.3, -0.25) is 4.79 Å². The van der Waals surface area contributed by atoms with Gasteiger partial charge in [-0.2, -0.15) is 12.6 Å². The fourth-order valence-electron chi connectivity index (χ4n) is 1.36. The van der Waals surface area contributed by atoms with Gasteiger partial charge >= 0.3 is 0 Å². The Morgan fingerprint density at radius 3 is 2.67 bits per heavy atom. The van der Waals surface area contributed by atoms with Gasteiger partial charge in [0.25, 0.3) is 0 Å². The van der Waals surface area contributed by atoms with E-state index < -0.39 is 0 Å². The standard InChI is InChI=1S/C12H10FN3OS/c13-9-1-3-10(4-2-9)15-12-8(6-17)5-14-11(7-18)16-12/h1-6,18H,7H2,(H,14,15,16). The highest BCUT2D eigenvalue weighted by Gasteiger charge is 2.06. The SMILES string of the molecule is O=Cc1cnc(CS)nc1Nc1ccc(F)cc1. The summed E-state index contributed by atoms with van der Waals surface area (Å²) in [6, 6.07) is 5.77. The van der Waals surface area contributed by atoms with Crippen molar-refractivity contribution in [3.8, 4) is 0 Å². The molecular weight excluding hydrogens is 253 g/mol. The van der Waals surface area contributed by atoms with Crippen LogP contribution in [-0.4, -0.2) is 16.3 Å². The first-order valence-corrected chi connectivity index (χ1v) is 5.80. The van der Waals surface area contributed by atoms with Gasteiger partial charge in [0.1, 0.15) is 17.5 Å². The minimum absolute atomic E-state index is 0.324. The van der Waals surface area contributed by atoms with Crippen molar-refractivity contribution in [2.75, 3.05) is 5.32 Å². The summed E-state index contributed by atoms with van der Waals surface area (Å²) in [5, 5.41) is 2.94. The zero-order valence-corrected chi connectivity index (χ0v) is 10.2. The van der Waals surface area contributed by atoms with Crippen molar-refractivity contribution in [2.45, 2.75) is 5.75 Å². The second-order valence-corrected chi connectivity index (χ2v) is 3.81. The van der Waals surface area contributed by atoms with E-state index in [1.54, 1.807) is 12.1 Å². The lowest BCUT2D eigenvalue weighted by atomic mass is 10.3. The molecule has 0 aliphatic rings. The number of nitrogens with zero attached hydrogens (tertiary/aromatic N) is 2. The molecule has 0 unspecified atom stereocenters. The number of thiol groups is 1. The zero-order chi connectivity index (χ0) is 13.0. The molecule has 1 aromatic carbocycles. The lowest BCUT2D eigenvalue weighted by Crippen LogP contribution is -2.03. The average Bonchev–Trinajstić information content (AvgIpc) is 2.41. The van der Waals surface area contributed by atoms with E-state index in [1.807, 2.05) is 0 Å². The van der Waals surface area contributed by atoms with E-state index in [2.05, 4.69) is 27.9 Å². The number of aldehydes is 1. The Morgan fingerprint density at radius 2 is 2.06 bits per heavy atom. The van der Waals surface area contributed by atoms with Crippen molar-refractivity contribution in [2.24, 2.45) is 0 Å². The fraction of sp³-hybridized carbons (Fsp3) is 0.0833. The van der Waals surface area contributed by atoms with Crippen LogP contribution in [0.2, 0.25) is 0 Å². The smallest absolute Gasteiger partial charge is 0.155 e. The molecule has 0 spiro atoms. The highest BCUT2D eigenvalue weighted by Crippen LogP contribution is 2.18. The summed E-state index contributed by atoms with van der Waals surface area (Å²) in [5.41, 5.74) is 0.980.